The van der Waals surface area contributed by atoms with E-state index in [-0.39, 0.29) is 0 Å². The Kier molecular flexibility index (Phi) is 6.14. The maximum absolute atomic E-state index is 4.55. The number of rotatable bonds is 0. The van der Waals surface area contributed by atoms with Gasteiger partial charge in [-0.25, -0.2) is 0 Å². The summed E-state index contributed by atoms with van der Waals surface area (Å²) in [6.45, 7) is 7.20. The fourth-order valence-electron chi connectivity index (χ4n) is 3.88. The zero-order chi connectivity index (χ0) is 15.0. The van der Waals surface area contributed by atoms with Crippen LogP contribution in [0, 0.1) is 0 Å². The third-order valence-corrected chi connectivity index (χ3v) is 5.15. The highest BCUT2D eigenvalue weighted by molar-refractivity contribution is 5.83. The molecule has 2 fully saturated rings. The maximum Gasteiger partial charge on any atom is 0.0988 e. The molecule has 4 heteroatoms. The average Bonchev–Trinajstić information content (AvgIpc) is 2.95. The molecule has 4 heterocycles. The highest BCUT2D eigenvalue weighted by Gasteiger charge is 2.17. The van der Waals surface area contributed by atoms with Crippen LogP contribution < -0.4 is 0 Å². The molecule has 0 aromatic heterocycles. The molecule has 2 saturated heterocycles. The fraction of sp³-hybridized carbons (Fsp3) is 0.889. The third-order valence-electron chi connectivity index (χ3n) is 5.15. The zero-order valence-corrected chi connectivity index (χ0v) is 14.1. The minimum absolute atomic E-state index is 1.08. The molecule has 4 rings (SSSR count). The van der Waals surface area contributed by atoms with E-state index in [1.165, 1.54) is 102 Å². The maximum atomic E-state index is 4.55. The molecule has 0 aromatic rings. The second-order valence-electron chi connectivity index (χ2n) is 6.90. The van der Waals surface area contributed by atoms with Gasteiger partial charge in [-0.3, -0.25) is 9.98 Å². The van der Waals surface area contributed by atoms with Gasteiger partial charge in [0.15, 0.2) is 0 Å². The molecule has 4 aliphatic rings. The van der Waals surface area contributed by atoms with Crippen LogP contribution in [0.15, 0.2) is 9.98 Å². The molecule has 0 radical (unpaired) electrons. The summed E-state index contributed by atoms with van der Waals surface area (Å²) in [6, 6.07) is 0. The molecule has 124 valence electrons. The van der Waals surface area contributed by atoms with Gasteiger partial charge in [0.1, 0.15) is 0 Å². The molecule has 0 bridgehead atoms. The first-order chi connectivity index (χ1) is 10.9. The number of hydrogen-bond acceptors (Lipinski definition) is 4. The molecule has 0 saturated carbocycles. The summed E-state index contributed by atoms with van der Waals surface area (Å²) in [5.41, 5.74) is 0. The number of amidine groups is 2. The Morgan fingerprint density at radius 2 is 0.955 bits per heavy atom. The first-order valence-corrected chi connectivity index (χ1v) is 9.50. The predicted octanol–water partition coefficient (Wildman–Crippen LogP) is 3.33. The van der Waals surface area contributed by atoms with Gasteiger partial charge in [-0.2, -0.15) is 0 Å². The van der Waals surface area contributed by atoms with Crippen LogP contribution in [-0.2, 0) is 0 Å². The first kappa shape index (κ1) is 15.8. The number of nitrogens with zero attached hydrogens (tertiary/aromatic N) is 4. The van der Waals surface area contributed by atoms with E-state index in [0.717, 1.165) is 13.1 Å². The van der Waals surface area contributed by atoms with Crippen LogP contribution in [0.3, 0.4) is 0 Å². The van der Waals surface area contributed by atoms with Gasteiger partial charge in [0.2, 0.25) is 0 Å². The van der Waals surface area contributed by atoms with E-state index in [0.29, 0.717) is 0 Å². The van der Waals surface area contributed by atoms with Crippen LogP contribution in [0.4, 0.5) is 0 Å². The second kappa shape index (κ2) is 8.54. The lowest BCUT2D eigenvalue weighted by molar-refractivity contribution is 0.391. The number of aliphatic imine (C=N–C) groups is 2. The molecule has 22 heavy (non-hydrogen) atoms. The summed E-state index contributed by atoms with van der Waals surface area (Å²) in [5.74, 6) is 2.79. The first-order valence-electron chi connectivity index (χ1n) is 9.50. The lowest BCUT2D eigenvalue weighted by Gasteiger charge is -2.27. The molecule has 0 aliphatic carbocycles. The topological polar surface area (TPSA) is 31.2 Å². The van der Waals surface area contributed by atoms with Gasteiger partial charge in [0.25, 0.3) is 0 Å². The van der Waals surface area contributed by atoms with Crippen molar-refractivity contribution >= 4 is 11.7 Å². The minimum Gasteiger partial charge on any atom is -0.360 e. The molecule has 0 N–H and O–H groups in total. The van der Waals surface area contributed by atoms with E-state index in [1.807, 2.05) is 0 Å². The Balaban J connectivity index is 0.000000131. The van der Waals surface area contributed by atoms with Crippen LogP contribution in [0.25, 0.3) is 0 Å². The summed E-state index contributed by atoms with van der Waals surface area (Å²) in [4.78, 5) is 14.1. The fourth-order valence-corrected chi connectivity index (χ4v) is 3.88. The zero-order valence-electron chi connectivity index (χ0n) is 14.1. The Hall–Kier alpha value is -1.06. The van der Waals surface area contributed by atoms with Crippen molar-refractivity contribution < 1.29 is 0 Å². The van der Waals surface area contributed by atoms with Crippen LogP contribution in [0.1, 0.15) is 64.2 Å². The van der Waals surface area contributed by atoms with Crippen molar-refractivity contribution in [1.82, 2.24) is 9.80 Å². The van der Waals surface area contributed by atoms with Crippen LogP contribution >= 0.6 is 0 Å². The van der Waals surface area contributed by atoms with E-state index >= 15 is 0 Å². The van der Waals surface area contributed by atoms with Crippen LogP contribution in [0.5, 0.6) is 0 Å². The quantitative estimate of drug-likeness (QED) is 0.687. The van der Waals surface area contributed by atoms with Crippen molar-refractivity contribution in [2.24, 2.45) is 9.98 Å². The molecule has 0 amide bonds. The van der Waals surface area contributed by atoms with Crippen molar-refractivity contribution in [3.8, 4) is 0 Å². The van der Waals surface area contributed by atoms with Crippen molar-refractivity contribution in [2.75, 3.05) is 39.3 Å². The van der Waals surface area contributed by atoms with Crippen molar-refractivity contribution in [3.05, 3.63) is 0 Å². The average molecular weight is 304 g/mol. The van der Waals surface area contributed by atoms with Gasteiger partial charge in [0, 0.05) is 52.1 Å². The molecule has 0 aromatic carbocycles. The van der Waals surface area contributed by atoms with Gasteiger partial charge in [0.05, 0.1) is 11.7 Å². The molecular weight excluding hydrogens is 272 g/mol. The number of hydrogen-bond donors (Lipinski definition) is 0. The van der Waals surface area contributed by atoms with Gasteiger partial charge < -0.3 is 9.80 Å². The number of fused-ring (bicyclic) bond motifs is 2. The van der Waals surface area contributed by atoms with E-state index in [2.05, 4.69) is 19.8 Å². The molecule has 0 unspecified atom stereocenters. The smallest absolute Gasteiger partial charge is 0.0988 e. The normalized spacial score (nSPS) is 25.5. The lowest BCUT2D eigenvalue weighted by atomic mass is 10.2. The lowest BCUT2D eigenvalue weighted by Crippen LogP contribution is -2.34. The largest absolute Gasteiger partial charge is 0.360 e. The van der Waals surface area contributed by atoms with Gasteiger partial charge >= 0.3 is 0 Å². The van der Waals surface area contributed by atoms with Gasteiger partial charge in [-0.05, 0) is 38.5 Å². The molecular formula is C18H32N4. The van der Waals surface area contributed by atoms with Crippen molar-refractivity contribution in [3.63, 3.8) is 0 Å². The third kappa shape index (κ3) is 4.47. The highest BCUT2D eigenvalue weighted by atomic mass is 15.2. The summed E-state index contributed by atoms with van der Waals surface area (Å²) in [5, 5.41) is 0. The van der Waals surface area contributed by atoms with Gasteiger partial charge in [-0.15, -0.1) is 0 Å². The summed E-state index contributed by atoms with van der Waals surface area (Å²) >= 11 is 0. The Morgan fingerprint density at radius 1 is 0.500 bits per heavy atom. The monoisotopic (exact) mass is 304 g/mol. The Labute approximate surface area is 135 Å². The molecule has 4 nitrogen and oxygen atoms in total. The van der Waals surface area contributed by atoms with E-state index in [1.54, 1.807) is 0 Å². The predicted molar refractivity (Wildman–Crippen MR) is 93.9 cm³/mol. The summed E-state index contributed by atoms with van der Waals surface area (Å²) in [6.07, 6.45) is 13.3. The molecule has 4 aliphatic heterocycles. The Bertz CT molecular complexity index is 364. The van der Waals surface area contributed by atoms with E-state index < -0.39 is 0 Å². The SMILES string of the molecule is C1CCC2=NCCCN2CC1.C1CCC2=NCCCN2CC1. The standard InChI is InChI=1S/2C9H16N2/c2*1-2-5-9-10-6-4-8-11(9)7-3-1/h2*1-8H2. The van der Waals surface area contributed by atoms with Crippen molar-refractivity contribution in [1.29, 1.82) is 0 Å². The molecule has 0 atom stereocenters. The highest BCUT2D eigenvalue weighted by Crippen LogP contribution is 2.16. The summed E-state index contributed by atoms with van der Waals surface area (Å²) < 4.78 is 0. The Morgan fingerprint density at radius 3 is 1.45 bits per heavy atom. The van der Waals surface area contributed by atoms with E-state index in [4.69, 9.17) is 0 Å². The van der Waals surface area contributed by atoms with Crippen LogP contribution in [-0.4, -0.2) is 60.7 Å². The second-order valence-corrected chi connectivity index (χ2v) is 6.90. The summed E-state index contributed by atoms with van der Waals surface area (Å²) in [7, 11) is 0. The molecule has 0 spiro atoms. The van der Waals surface area contributed by atoms with Crippen LogP contribution in [0.2, 0.25) is 0 Å². The van der Waals surface area contributed by atoms with Gasteiger partial charge in [-0.1, -0.05) is 12.8 Å². The van der Waals surface area contributed by atoms with Crippen molar-refractivity contribution in [2.45, 2.75) is 64.2 Å². The van der Waals surface area contributed by atoms with E-state index in [9.17, 15) is 0 Å². The minimum atomic E-state index is 1.08.